The third-order valence-corrected chi connectivity index (χ3v) is 4.81. The summed E-state index contributed by atoms with van der Waals surface area (Å²) in [6, 6.07) is 8.96. The zero-order valence-corrected chi connectivity index (χ0v) is 13.3. The Kier molecular flexibility index (Phi) is 4.27. The fraction of sp³-hybridized carbons (Fsp3) is 0.412. The molecule has 2 aliphatic heterocycles. The predicted molar refractivity (Wildman–Crippen MR) is 92.6 cm³/mol. The van der Waals surface area contributed by atoms with Crippen LogP contribution in [-0.2, 0) is 0 Å². The van der Waals surface area contributed by atoms with E-state index >= 15 is 0 Å². The quantitative estimate of drug-likeness (QED) is 0.818. The average molecular weight is 301 g/mol. The molecule has 0 amide bonds. The van der Waals surface area contributed by atoms with Crippen LogP contribution in [0.4, 0.5) is 5.69 Å². The molecule has 0 aromatic heterocycles. The van der Waals surface area contributed by atoms with Gasteiger partial charge in [-0.2, -0.15) is 0 Å². The molecule has 1 aromatic carbocycles. The highest BCUT2D eigenvalue weighted by atomic mass is 32.1. The number of nitrogens with zero attached hydrogens (tertiary/aromatic N) is 2. The first kappa shape index (κ1) is 14.5. The SMILES string of the molecule is C=C1CCC(c2ccc(N3CCN(S)CC3)cc2)C(=C)N1. The molecule has 0 radical (unpaired) electrons. The van der Waals surface area contributed by atoms with Crippen LogP contribution in [0.3, 0.4) is 0 Å². The minimum absolute atomic E-state index is 0.402. The van der Waals surface area contributed by atoms with Gasteiger partial charge in [-0.05, 0) is 30.5 Å². The number of hydrogen-bond donors (Lipinski definition) is 2. The number of piperazine rings is 1. The van der Waals surface area contributed by atoms with Gasteiger partial charge in [0.1, 0.15) is 0 Å². The molecule has 0 saturated carbocycles. The van der Waals surface area contributed by atoms with Crippen molar-refractivity contribution in [1.29, 1.82) is 0 Å². The number of hydrogen-bond acceptors (Lipinski definition) is 4. The van der Waals surface area contributed by atoms with Crippen molar-refractivity contribution in [1.82, 2.24) is 9.62 Å². The van der Waals surface area contributed by atoms with Gasteiger partial charge in [-0.3, -0.25) is 0 Å². The zero-order valence-electron chi connectivity index (χ0n) is 12.4. The minimum atomic E-state index is 0.402. The molecule has 112 valence electrons. The number of piperidine rings is 1. The van der Waals surface area contributed by atoms with Crippen molar-refractivity contribution in [2.24, 2.45) is 0 Å². The van der Waals surface area contributed by atoms with Gasteiger partial charge in [0.25, 0.3) is 0 Å². The highest BCUT2D eigenvalue weighted by molar-refractivity contribution is 7.77. The molecule has 0 spiro atoms. The van der Waals surface area contributed by atoms with Crippen LogP contribution in [0.2, 0.25) is 0 Å². The molecule has 1 N–H and O–H groups in total. The Labute approximate surface area is 132 Å². The summed E-state index contributed by atoms with van der Waals surface area (Å²) in [6.45, 7) is 12.2. The number of allylic oxidation sites excluding steroid dienone is 2. The summed E-state index contributed by atoms with van der Waals surface area (Å²) in [5, 5.41) is 3.30. The van der Waals surface area contributed by atoms with Crippen LogP contribution in [-0.4, -0.2) is 30.5 Å². The molecule has 1 atom stereocenters. The summed E-state index contributed by atoms with van der Waals surface area (Å²) in [5.41, 5.74) is 4.80. The Morgan fingerprint density at radius 2 is 1.71 bits per heavy atom. The monoisotopic (exact) mass is 301 g/mol. The van der Waals surface area contributed by atoms with Crippen molar-refractivity contribution >= 4 is 18.5 Å². The van der Waals surface area contributed by atoms with E-state index in [1.165, 1.54) is 11.3 Å². The Balaban J connectivity index is 1.69. The van der Waals surface area contributed by atoms with Gasteiger partial charge in [0.15, 0.2) is 0 Å². The van der Waals surface area contributed by atoms with Gasteiger partial charge in [0.05, 0.1) is 0 Å². The van der Waals surface area contributed by atoms with E-state index in [4.69, 9.17) is 0 Å². The second kappa shape index (κ2) is 6.16. The van der Waals surface area contributed by atoms with Crippen LogP contribution in [0.15, 0.2) is 48.8 Å². The lowest BCUT2D eigenvalue weighted by Gasteiger charge is -2.33. The van der Waals surface area contributed by atoms with Gasteiger partial charge >= 0.3 is 0 Å². The normalized spacial score (nSPS) is 24.0. The van der Waals surface area contributed by atoms with Crippen molar-refractivity contribution in [3.8, 4) is 0 Å². The maximum Gasteiger partial charge on any atom is 0.0367 e. The average Bonchev–Trinajstić information content (AvgIpc) is 2.48. The molecule has 2 heterocycles. The predicted octanol–water partition coefficient (Wildman–Crippen LogP) is 3.15. The third-order valence-electron chi connectivity index (χ3n) is 4.41. The van der Waals surface area contributed by atoms with Crippen molar-refractivity contribution in [3.05, 3.63) is 54.4 Å². The van der Waals surface area contributed by atoms with E-state index in [0.717, 1.165) is 50.4 Å². The first-order chi connectivity index (χ1) is 10.1. The number of thiol groups is 1. The van der Waals surface area contributed by atoms with Crippen LogP contribution in [0.5, 0.6) is 0 Å². The van der Waals surface area contributed by atoms with E-state index in [0.29, 0.717) is 5.92 Å². The minimum Gasteiger partial charge on any atom is -0.369 e. The Morgan fingerprint density at radius 1 is 1.05 bits per heavy atom. The van der Waals surface area contributed by atoms with E-state index in [9.17, 15) is 0 Å². The lowest BCUT2D eigenvalue weighted by atomic mass is 9.88. The molecular weight excluding hydrogens is 278 g/mol. The van der Waals surface area contributed by atoms with Crippen molar-refractivity contribution < 1.29 is 0 Å². The van der Waals surface area contributed by atoms with E-state index in [-0.39, 0.29) is 0 Å². The van der Waals surface area contributed by atoms with Gasteiger partial charge in [0.2, 0.25) is 0 Å². The zero-order chi connectivity index (χ0) is 14.8. The van der Waals surface area contributed by atoms with Gasteiger partial charge < -0.3 is 10.2 Å². The summed E-state index contributed by atoms with van der Waals surface area (Å²) in [5.74, 6) is 0.402. The highest BCUT2D eigenvalue weighted by Gasteiger charge is 2.21. The molecule has 2 fully saturated rings. The van der Waals surface area contributed by atoms with E-state index in [1.54, 1.807) is 0 Å². The molecule has 2 saturated heterocycles. The fourth-order valence-electron chi connectivity index (χ4n) is 3.11. The van der Waals surface area contributed by atoms with Gasteiger partial charge in [0, 0.05) is 49.2 Å². The topological polar surface area (TPSA) is 18.5 Å². The molecule has 3 rings (SSSR count). The standard InChI is InChI=1S/C17H23N3S/c1-13-3-8-17(14(2)18-13)15-4-6-16(7-5-15)19-9-11-20(21)12-10-19/h4-7,17-18,21H,1-3,8-12H2. The molecule has 3 nitrogen and oxygen atoms in total. The number of benzene rings is 1. The Morgan fingerprint density at radius 3 is 2.33 bits per heavy atom. The maximum atomic E-state index is 4.40. The van der Waals surface area contributed by atoms with Crippen molar-refractivity contribution in [2.75, 3.05) is 31.1 Å². The maximum absolute atomic E-state index is 4.40. The summed E-state index contributed by atoms with van der Waals surface area (Å²) < 4.78 is 2.08. The van der Waals surface area contributed by atoms with Crippen LogP contribution in [0, 0.1) is 0 Å². The molecular formula is C17H23N3S. The van der Waals surface area contributed by atoms with Gasteiger partial charge in [-0.25, -0.2) is 4.31 Å². The molecule has 1 aromatic rings. The molecule has 0 bridgehead atoms. The fourth-order valence-corrected chi connectivity index (χ4v) is 3.29. The van der Waals surface area contributed by atoms with Crippen LogP contribution < -0.4 is 10.2 Å². The lowest BCUT2D eigenvalue weighted by Crippen LogP contribution is -2.42. The van der Waals surface area contributed by atoms with Crippen LogP contribution in [0.25, 0.3) is 0 Å². The van der Waals surface area contributed by atoms with Crippen LogP contribution >= 0.6 is 12.8 Å². The smallest absolute Gasteiger partial charge is 0.0367 e. The summed E-state index contributed by atoms with van der Waals surface area (Å²) in [4.78, 5) is 2.42. The second-order valence-corrected chi connectivity index (χ2v) is 6.44. The lowest BCUT2D eigenvalue weighted by molar-refractivity contribution is 0.434. The summed E-state index contributed by atoms with van der Waals surface area (Å²) >= 11 is 4.40. The Hall–Kier alpha value is -1.39. The van der Waals surface area contributed by atoms with Gasteiger partial charge in [-0.1, -0.05) is 38.1 Å². The summed E-state index contributed by atoms with van der Waals surface area (Å²) in [6.07, 6.45) is 2.12. The van der Waals surface area contributed by atoms with E-state index in [2.05, 4.69) is 64.8 Å². The number of rotatable bonds is 2. The van der Waals surface area contributed by atoms with E-state index < -0.39 is 0 Å². The summed E-state index contributed by atoms with van der Waals surface area (Å²) in [7, 11) is 0. The largest absolute Gasteiger partial charge is 0.369 e. The van der Waals surface area contributed by atoms with Crippen molar-refractivity contribution in [2.45, 2.75) is 18.8 Å². The molecule has 1 unspecified atom stereocenters. The number of nitrogens with one attached hydrogen (secondary N) is 1. The molecule has 0 aliphatic carbocycles. The molecule has 2 aliphatic rings. The molecule has 21 heavy (non-hydrogen) atoms. The Bertz CT molecular complexity index is 529. The third kappa shape index (κ3) is 3.27. The first-order valence-electron chi connectivity index (χ1n) is 7.56. The van der Waals surface area contributed by atoms with Crippen LogP contribution in [0.1, 0.15) is 24.3 Å². The van der Waals surface area contributed by atoms with Crippen molar-refractivity contribution in [3.63, 3.8) is 0 Å². The van der Waals surface area contributed by atoms with Gasteiger partial charge in [-0.15, -0.1) is 0 Å². The van der Waals surface area contributed by atoms with E-state index in [1.807, 2.05) is 0 Å². The number of anilines is 1. The second-order valence-electron chi connectivity index (χ2n) is 5.88. The highest BCUT2D eigenvalue weighted by Crippen LogP contribution is 2.33. The molecule has 4 heteroatoms. The first-order valence-corrected chi connectivity index (χ1v) is 7.96.